The predicted octanol–water partition coefficient (Wildman–Crippen LogP) is 3.61. The second kappa shape index (κ2) is 7.54. The molecule has 0 radical (unpaired) electrons. The zero-order valence-corrected chi connectivity index (χ0v) is 15.9. The zero-order chi connectivity index (χ0) is 19.6. The largest absolute Gasteiger partial charge is 0.453 e. The third-order valence-electron chi connectivity index (χ3n) is 5.72. The molecule has 2 amide bonds. The Morgan fingerprint density at radius 1 is 1.21 bits per heavy atom. The highest BCUT2D eigenvalue weighted by molar-refractivity contribution is 5.73. The maximum Gasteiger partial charge on any atom is 0.409 e. The number of cyclic esters (lactones) is 1. The Hall–Kier alpha value is -3.02. The standard InChI is InChI=1S/C22H24N2O4/c1-27-21(26)24-12-6-11-22(15-28-20(25)23-22)19(24)14-16-7-5-10-18(13-16)17-8-3-2-4-9-17/h2-5,7-10,13,19H,6,11-12,14-15H2,1H3,(H,23,25)/t19-,22+/m1/s1. The summed E-state index contributed by atoms with van der Waals surface area (Å²) in [7, 11) is 1.39. The molecule has 2 aliphatic rings. The molecular formula is C22H24N2O4. The summed E-state index contributed by atoms with van der Waals surface area (Å²) in [5, 5.41) is 2.98. The molecule has 2 aromatic carbocycles. The molecule has 2 aromatic rings. The molecule has 0 aliphatic carbocycles. The lowest BCUT2D eigenvalue weighted by Gasteiger charge is -2.46. The van der Waals surface area contributed by atoms with Crippen LogP contribution in [-0.2, 0) is 15.9 Å². The van der Waals surface area contributed by atoms with Gasteiger partial charge in [0.1, 0.15) is 6.61 Å². The van der Waals surface area contributed by atoms with Gasteiger partial charge in [-0.1, -0.05) is 54.6 Å². The van der Waals surface area contributed by atoms with Crippen molar-refractivity contribution in [1.29, 1.82) is 0 Å². The van der Waals surface area contributed by atoms with Crippen molar-refractivity contribution in [2.45, 2.75) is 30.8 Å². The zero-order valence-electron chi connectivity index (χ0n) is 15.9. The average molecular weight is 380 g/mol. The molecule has 4 rings (SSSR count). The minimum Gasteiger partial charge on any atom is -0.453 e. The van der Waals surface area contributed by atoms with E-state index in [9.17, 15) is 9.59 Å². The first kappa shape index (κ1) is 18.3. The Morgan fingerprint density at radius 3 is 2.71 bits per heavy atom. The van der Waals surface area contributed by atoms with Gasteiger partial charge in [-0.2, -0.15) is 0 Å². The van der Waals surface area contributed by atoms with Crippen molar-refractivity contribution in [3.8, 4) is 11.1 Å². The summed E-state index contributed by atoms with van der Waals surface area (Å²) in [4.78, 5) is 26.0. The summed E-state index contributed by atoms with van der Waals surface area (Å²) in [6.07, 6.45) is 1.38. The van der Waals surface area contributed by atoms with Gasteiger partial charge in [0.15, 0.2) is 0 Å². The van der Waals surface area contributed by atoms with Gasteiger partial charge in [-0.25, -0.2) is 9.59 Å². The monoisotopic (exact) mass is 380 g/mol. The fraction of sp³-hybridized carbons (Fsp3) is 0.364. The Kier molecular flexibility index (Phi) is 4.94. The van der Waals surface area contributed by atoms with Crippen molar-refractivity contribution in [1.82, 2.24) is 10.2 Å². The summed E-state index contributed by atoms with van der Waals surface area (Å²) in [5.74, 6) is 0. The van der Waals surface area contributed by atoms with Crippen LogP contribution in [0.2, 0.25) is 0 Å². The average Bonchev–Trinajstić information content (AvgIpc) is 3.11. The van der Waals surface area contributed by atoms with E-state index in [4.69, 9.17) is 9.47 Å². The van der Waals surface area contributed by atoms with E-state index in [-0.39, 0.29) is 18.7 Å². The number of rotatable bonds is 3. The van der Waals surface area contributed by atoms with Gasteiger partial charge in [0, 0.05) is 6.54 Å². The van der Waals surface area contributed by atoms with E-state index >= 15 is 0 Å². The highest BCUT2D eigenvalue weighted by Crippen LogP contribution is 2.34. The molecule has 6 heteroatoms. The molecule has 28 heavy (non-hydrogen) atoms. The van der Waals surface area contributed by atoms with E-state index in [0.717, 1.165) is 29.5 Å². The second-order valence-electron chi connectivity index (χ2n) is 7.41. The Bertz CT molecular complexity index is 870. The Morgan fingerprint density at radius 2 is 2.00 bits per heavy atom. The molecule has 2 saturated heterocycles. The molecule has 0 unspecified atom stereocenters. The molecular weight excluding hydrogens is 356 g/mol. The maximum absolute atomic E-state index is 12.4. The van der Waals surface area contributed by atoms with Crippen LogP contribution in [0.4, 0.5) is 9.59 Å². The minimum atomic E-state index is -0.577. The fourth-order valence-corrected chi connectivity index (χ4v) is 4.34. The molecule has 0 saturated carbocycles. The molecule has 2 aliphatic heterocycles. The van der Waals surface area contributed by atoms with E-state index in [1.807, 2.05) is 24.3 Å². The van der Waals surface area contributed by atoms with Crippen LogP contribution in [0.3, 0.4) is 0 Å². The first-order valence-electron chi connectivity index (χ1n) is 9.55. The summed E-state index contributed by atoms with van der Waals surface area (Å²) in [5.41, 5.74) is 2.79. The van der Waals surface area contributed by atoms with Crippen LogP contribution in [0.1, 0.15) is 18.4 Å². The van der Waals surface area contributed by atoms with Gasteiger partial charge < -0.3 is 19.7 Å². The number of nitrogens with one attached hydrogen (secondary N) is 1. The summed E-state index contributed by atoms with van der Waals surface area (Å²) in [6.45, 7) is 0.871. The van der Waals surface area contributed by atoms with Crippen LogP contribution in [0.15, 0.2) is 54.6 Å². The highest BCUT2D eigenvalue weighted by atomic mass is 16.6. The van der Waals surface area contributed by atoms with Gasteiger partial charge in [-0.15, -0.1) is 0 Å². The number of piperidine rings is 1. The summed E-state index contributed by atoms with van der Waals surface area (Å²) in [6, 6.07) is 18.3. The normalized spacial score (nSPS) is 24.0. The number of carbonyl (C=O) groups excluding carboxylic acids is 2. The molecule has 0 bridgehead atoms. The quantitative estimate of drug-likeness (QED) is 0.883. The van der Waals surface area contributed by atoms with Crippen LogP contribution < -0.4 is 5.32 Å². The fourth-order valence-electron chi connectivity index (χ4n) is 4.34. The van der Waals surface area contributed by atoms with Gasteiger partial charge in [0.05, 0.1) is 18.7 Å². The van der Waals surface area contributed by atoms with Crippen LogP contribution in [0, 0.1) is 0 Å². The van der Waals surface area contributed by atoms with E-state index in [0.29, 0.717) is 13.0 Å². The van der Waals surface area contributed by atoms with Crippen LogP contribution >= 0.6 is 0 Å². The first-order chi connectivity index (χ1) is 13.6. The Balaban J connectivity index is 1.66. The van der Waals surface area contributed by atoms with Crippen LogP contribution in [0.25, 0.3) is 11.1 Å². The number of ether oxygens (including phenoxy) is 2. The molecule has 2 fully saturated rings. The SMILES string of the molecule is COC(=O)N1CCC[C@]2(COC(=O)N2)[C@H]1Cc1cccc(-c2ccccc2)c1. The van der Waals surface area contributed by atoms with Gasteiger partial charge in [-0.3, -0.25) is 0 Å². The van der Waals surface area contributed by atoms with Crippen molar-refractivity contribution in [3.63, 3.8) is 0 Å². The number of likely N-dealkylation sites (tertiary alicyclic amines) is 1. The molecule has 146 valence electrons. The van der Waals surface area contributed by atoms with Crippen molar-refractivity contribution < 1.29 is 19.1 Å². The summed E-state index contributed by atoms with van der Waals surface area (Å²) < 4.78 is 10.3. The molecule has 6 nitrogen and oxygen atoms in total. The maximum atomic E-state index is 12.4. The van der Waals surface area contributed by atoms with Crippen molar-refractivity contribution >= 4 is 12.2 Å². The topological polar surface area (TPSA) is 67.9 Å². The number of hydrogen-bond donors (Lipinski definition) is 1. The number of methoxy groups -OCH3 is 1. The predicted molar refractivity (Wildman–Crippen MR) is 105 cm³/mol. The number of alkyl carbamates (subject to hydrolysis) is 1. The number of hydrogen-bond acceptors (Lipinski definition) is 4. The summed E-state index contributed by atoms with van der Waals surface area (Å²) >= 11 is 0. The number of amides is 2. The number of carbonyl (C=O) groups is 2. The van der Waals surface area contributed by atoms with Crippen molar-refractivity contribution in [2.24, 2.45) is 0 Å². The van der Waals surface area contributed by atoms with Gasteiger partial charge in [0.25, 0.3) is 0 Å². The van der Waals surface area contributed by atoms with E-state index < -0.39 is 11.6 Å². The molecule has 0 aromatic heterocycles. The molecule has 1 N–H and O–H groups in total. The van der Waals surface area contributed by atoms with Crippen molar-refractivity contribution in [3.05, 3.63) is 60.2 Å². The first-order valence-corrected chi connectivity index (χ1v) is 9.55. The van der Waals surface area contributed by atoms with Crippen LogP contribution in [0.5, 0.6) is 0 Å². The van der Waals surface area contributed by atoms with E-state index in [1.54, 1.807) is 4.90 Å². The molecule has 2 atom stereocenters. The van der Waals surface area contributed by atoms with Crippen LogP contribution in [-0.4, -0.2) is 48.9 Å². The lowest BCUT2D eigenvalue weighted by Crippen LogP contribution is -2.65. The molecule has 2 heterocycles. The highest BCUT2D eigenvalue weighted by Gasteiger charge is 2.51. The Labute approximate surface area is 164 Å². The van der Waals surface area contributed by atoms with Gasteiger partial charge in [0.2, 0.25) is 0 Å². The lowest BCUT2D eigenvalue weighted by molar-refractivity contribution is 0.0403. The number of nitrogens with zero attached hydrogens (tertiary/aromatic N) is 1. The smallest absolute Gasteiger partial charge is 0.409 e. The lowest BCUT2D eigenvalue weighted by atomic mass is 9.79. The third kappa shape index (κ3) is 3.42. The molecule has 1 spiro atoms. The van der Waals surface area contributed by atoms with Gasteiger partial charge >= 0.3 is 12.2 Å². The van der Waals surface area contributed by atoms with E-state index in [2.05, 4.69) is 35.6 Å². The van der Waals surface area contributed by atoms with Gasteiger partial charge in [-0.05, 0) is 36.0 Å². The third-order valence-corrected chi connectivity index (χ3v) is 5.72. The second-order valence-corrected chi connectivity index (χ2v) is 7.41. The van der Waals surface area contributed by atoms with Crippen molar-refractivity contribution in [2.75, 3.05) is 20.3 Å². The number of benzene rings is 2. The van der Waals surface area contributed by atoms with E-state index in [1.165, 1.54) is 7.11 Å². The minimum absolute atomic E-state index is 0.230.